The second-order valence-electron chi connectivity index (χ2n) is 17.9. The predicted octanol–water partition coefficient (Wildman–Crippen LogP) is 6.84. The van der Waals surface area contributed by atoms with Gasteiger partial charge in [0.1, 0.15) is 16.3 Å². The van der Waals surface area contributed by atoms with Crippen LogP contribution in [0.2, 0.25) is 0 Å². The number of thiol groups is 1. The fraction of sp³-hybridized carbons (Fsp3) is 0.667. The van der Waals surface area contributed by atoms with Crippen LogP contribution >= 0.6 is 0 Å². The number of hydrogen-bond donors (Lipinski definition) is 3. The third-order valence-electron chi connectivity index (χ3n) is 10.9. The third kappa shape index (κ3) is 12.2. The van der Waals surface area contributed by atoms with E-state index in [9.17, 15) is 24.3 Å². The topological polar surface area (TPSA) is 153 Å². The molecular weight excluding hydrogens is 689 g/mol. The van der Waals surface area contributed by atoms with Crippen molar-refractivity contribution in [2.75, 3.05) is 26.2 Å². The highest BCUT2D eigenvalue weighted by Gasteiger charge is 2.33. The summed E-state index contributed by atoms with van der Waals surface area (Å²) < 4.78 is 0.121. The molecule has 3 heterocycles. The summed E-state index contributed by atoms with van der Waals surface area (Å²) in [6.45, 7) is 17.3. The van der Waals surface area contributed by atoms with E-state index in [0.717, 1.165) is 88.4 Å². The minimum atomic E-state index is -0.234. The number of aromatic hydroxyl groups is 1. The Hall–Kier alpha value is -3.15. The zero-order chi connectivity index (χ0) is 37.6. The number of likely N-dealkylation sites (tertiary alicyclic amines) is 1. The average molecular weight is 753 g/mol. The van der Waals surface area contributed by atoms with E-state index in [4.69, 9.17) is 0 Å². The largest absolute Gasteiger partial charge is 0.870 e. The Balaban J connectivity index is 0.00000627. The smallest absolute Gasteiger partial charge is 0.253 e. The highest BCUT2D eigenvalue weighted by molar-refractivity contribution is 7.80. The molecule has 0 bridgehead atoms. The lowest BCUT2D eigenvalue weighted by Gasteiger charge is -2.30. The van der Waals surface area contributed by atoms with E-state index in [-0.39, 0.29) is 45.2 Å². The summed E-state index contributed by atoms with van der Waals surface area (Å²) in [7, 11) is 0. The maximum atomic E-state index is 12.7. The molecular formula is C42H64N4O6S. The number of nitrogens with one attached hydrogen (secondary N) is 2. The Morgan fingerprint density at radius 2 is 1.60 bits per heavy atom. The van der Waals surface area contributed by atoms with Gasteiger partial charge in [0.15, 0.2) is 0 Å². The summed E-state index contributed by atoms with van der Waals surface area (Å²) in [4.78, 5) is 56.6. The molecule has 3 amide bonds. The highest BCUT2D eigenvalue weighted by Crippen LogP contribution is 2.38. The summed E-state index contributed by atoms with van der Waals surface area (Å²) in [5.74, 6) is 1.07. The number of Topliss-reactive ketones (excluding diaryl/α,β-unsaturated/α-hetero) is 1. The van der Waals surface area contributed by atoms with Crippen LogP contribution < -0.4 is 5.32 Å². The van der Waals surface area contributed by atoms with E-state index in [2.05, 4.69) is 62.8 Å². The second kappa shape index (κ2) is 18.5. The van der Waals surface area contributed by atoms with Gasteiger partial charge in [-0.2, -0.15) is 0 Å². The Kier molecular flexibility index (Phi) is 14.8. The molecule has 1 atom stereocenters. The van der Waals surface area contributed by atoms with Gasteiger partial charge in [-0.05, 0) is 114 Å². The molecule has 1 saturated heterocycles. The summed E-state index contributed by atoms with van der Waals surface area (Å²) >= 11 is 1.26. The molecule has 1 aromatic carbocycles. The maximum absolute atomic E-state index is 12.7. The molecule has 2 aliphatic heterocycles. The van der Waals surface area contributed by atoms with Crippen molar-refractivity contribution in [2.45, 2.75) is 135 Å². The Morgan fingerprint density at radius 3 is 2.26 bits per heavy atom. The molecule has 4 N–H and O–H groups in total. The highest BCUT2D eigenvalue weighted by atomic mass is 32.2. The van der Waals surface area contributed by atoms with Crippen molar-refractivity contribution in [3.63, 3.8) is 0 Å². The van der Waals surface area contributed by atoms with E-state index < -0.39 is 0 Å². The zero-order valence-electron chi connectivity index (χ0n) is 32.9. The maximum Gasteiger partial charge on any atom is 0.253 e. The molecule has 2 fully saturated rings. The number of aromatic nitrogens is 1. The van der Waals surface area contributed by atoms with Crippen LogP contribution in [0.1, 0.15) is 123 Å². The number of amides is 3. The number of H-pyrrole nitrogens is 1. The molecule has 5 rings (SSSR count). The van der Waals surface area contributed by atoms with Crippen molar-refractivity contribution in [3.05, 3.63) is 35.4 Å². The lowest BCUT2D eigenvalue weighted by Crippen LogP contribution is -2.38. The first-order chi connectivity index (χ1) is 24.6. The number of carbonyl (C=O) groups is 4. The minimum Gasteiger partial charge on any atom is -0.870 e. The molecule has 1 saturated carbocycles. The van der Waals surface area contributed by atoms with Gasteiger partial charge in [-0.25, -0.2) is 0 Å². The molecule has 1 aromatic heterocycles. The van der Waals surface area contributed by atoms with Crippen LogP contribution in [-0.4, -0.2) is 79.8 Å². The lowest BCUT2D eigenvalue weighted by atomic mass is 9.81. The Morgan fingerprint density at radius 1 is 0.906 bits per heavy atom. The fourth-order valence-corrected chi connectivity index (χ4v) is 9.29. The van der Waals surface area contributed by atoms with Crippen LogP contribution in [0.5, 0.6) is 5.75 Å². The van der Waals surface area contributed by atoms with Crippen molar-refractivity contribution in [3.8, 4) is 5.75 Å². The monoisotopic (exact) mass is 752 g/mol. The van der Waals surface area contributed by atoms with E-state index in [1.54, 1.807) is 0 Å². The van der Waals surface area contributed by atoms with Crippen molar-refractivity contribution < 1.29 is 29.8 Å². The standard InChI is InChI=1S/C42H62N4O5S.H2O/c1-41(2,3)24-33-32-17-18-35(48)34(38(32)44-40(33)52-42(4,5)6)27-45-23-21-29(25-45)13-16-31(47)10-8-7-9-22-43-39(51)30-14-11-28(12-15-30)26-46-36(49)19-20-37(46)50;/h17-20,28-30,44,48H,7-16,21-27H2,1-6H3,(H,43,51);1H2. The number of rotatable bonds is 16. The number of nitrogens with zero attached hydrogens (tertiary/aromatic N) is 2. The van der Waals surface area contributed by atoms with Gasteiger partial charge in [0, 0.05) is 85.4 Å². The van der Waals surface area contributed by atoms with E-state index in [1.807, 2.05) is 6.07 Å². The van der Waals surface area contributed by atoms with Crippen LogP contribution in [0.3, 0.4) is 0 Å². The molecule has 294 valence electrons. The van der Waals surface area contributed by atoms with Crippen molar-refractivity contribution >= 4 is 46.2 Å². The van der Waals surface area contributed by atoms with E-state index >= 15 is 0 Å². The molecule has 0 radical (unpaired) electrons. The van der Waals surface area contributed by atoms with Gasteiger partial charge in [-0.15, -0.1) is 0 Å². The zero-order valence-corrected chi connectivity index (χ0v) is 33.8. The summed E-state index contributed by atoms with van der Waals surface area (Å²) in [5.41, 5.74) is 3.56. The number of aromatic amines is 1. The van der Waals surface area contributed by atoms with Gasteiger partial charge in [0.2, 0.25) is 10.9 Å². The van der Waals surface area contributed by atoms with Gasteiger partial charge in [0.25, 0.3) is 11.8 Å². The van der Waals surface area contributed by atoms with Crippen LogP contribution in [-0.2, 0) is 43.9 Å². The summed E-state index contributed by atoms with van der Waals surface area (Å²) in [6.07, 6.45) is 12.8. The second-order valence-corrected chi connectivity index (χ2v) is 19.9. The van der Waals surface area contributed by atoms with Crippen LogP contribution in [0.25, 0.3) is 10.9 Å². The Bertz CT molecular complexity index is 1610. The number of phenols is 1. The number of benzene rings is 1. The predicted molar refractivity (Wildman–Crippen MR) is 212 cm³/mol. The van der Waals surface area contributed by atoms with Gasteiger partial charge in [0.05, 0.1) is 5.52 Å². The van der Waals surface area contributed by atoms with Gasteiger partial charge in [-0.3, -0.25) is 29.0 Å². The molecule has 1 unspecified atom stereocenters. The molecule has 3 aliphatic rings. The van der Waals surface area contributed by atoms with Crippen LogP contribution in [0.4, 0.5) is 0 Å². The van der Waals surface area contributed by atoms with Gasteiger partial charge in [-0.1, -0.05) is 27.2 Å². The number of unbranched alkanes of at least 4 members (excludes halogenated alkanes) is 2. The number of phenolic OH excluding ortho intramolecular Hbond substituents is 1. The van der Waals surface area contributed by atoms with Gasteiger partial charge >= 0.3 is 0 Å². The first-order valence-corrected chi connectivity index (χ1v) is 20.6. The quantitative estimate of drug-likeness (QED) is 0.0735. The molecule has 10 nitrogen and oxygen atoms in total. The fourth-order valence-electron chi connectivity index (χ4n) is 8.11. The number of ketones is 1. The number of fused-ring (bicyclic) bond motifs is 1. The third-order valence-corrected chi connectivity index (χ3v) is 12.1. The summed E-state index contributed by atoms with van der Waals surface area (Å²) in [6, 6.07) is 3.95. The van der Waals surface area contributed by atoms with Crippen molar-refractivity contribution in [2.24, 2.45) is 23.2 Å². The Labute approximate surface area is 320 Å². The lowest BCUT2D eigenvalue weighted by molar-refractivity contribution is -0.138. The molecule has 2 aromatic rings. The minimum absolute atomic E-state index is 0. The normalized spacial score (nSPS) is 21.1. The van der Waals surface area contributed by atoms with E-state index in [1.165, 1.54) is 44.8 Å². The SMILES string of the molecule is CC(C)(C)Cc1c([SH+]C(C)(C)C)[nH]c2c(CN3CCC(CCC(=O)CCCCCNC(=O)C4CCC(CN5C(=O)C=CC5=O)CC4)C3)c(O)ccc12.[OH-]. The first-order valence-electron chi connectivity index (χ1n) is 19.7. The van der Waals surface area contributed by atoms with Crippen molar-refractivity contribution in [1.82, 2.24) is 20.1 Å². The summed E-state index contributed by atoms with van der Waals surface area (Å²) in [5, 5.41) is 16.6. The molecule has 1 aliphatic carbocycles. The average Bonchev–Trinajstić information content (AvgIpc) is 3.75. The molecule has 53 heavy (non-hydrogen) atoms. The van der Waals surface area contributed by atoms with Gasteiger partial charge < -0.3 is 20.9 Å². The van der Waals surface area contributed by atoms with Crippen LogP contribution in [0, 0.1) is 23.2 Å². The molecule has 0 spiro atoms. The van der Waals surface area contributed by atoms with Crippen LogP contribution in [0.15, 0.2) is 29.3 Å². The van der Waals surface area contributed by atoms with E-state index in [0.29, 0.717) is 49.9 Å². The number of imide groups is 1. The number of hydrogen-bond acceptors (Lipinski definition) is 7. The molecule has 11 heteroatoms. The first kappa shape index (κ1) is 42.6. The number of carbonyl (C=O) groups excluding carboxylic acids is 4. The van der Waals surface area contributed by atoms with Crippen molar-refractivity contribution in [1.29, 1.82) is 0 Å².